The predicted molar refractivity (Wildman–Crippen MR) is 138 cm³/mol. The summed E-state index contributed by atoms with van der Waals surface area (Å²) in [6.07, 6.45) is 0.199. The minimum absolute atomic E-state index is 0.165. The van der Waals surface area contributed by atoms with Crippen LogP contribution in [0.1, 0.15) is 36.9 Å². The number of hydrogen-bond acceptors (Lipinski definition) is 8. The molecule has 2 amide bonds. The molecule has 0 aliphatic heterocycles. The number of benzene rings is 1. The Labute approximate surface area is 214 Å². The molecule has 0 saturated heterocycles. The van der Waals surface area contributed by atoms with Crippen LogP contribution < -0.4 is 15.4 Å². The summed E-state index contributed by atoms with van der Waals surface area (Å²) in [6.45, 7) is 3.94. The Morgan fingerprint density at radius 2 is 1.89 bits per heavy atom. The molecule has 188 valence electrons. The van der Waals surface area contributed by atoms with Gasteiger partial charge in [0.15, 0.2) is 0 Å². The summed E-state index contributed by atoms with van der Waals surface area (Å²) in [4.78, 5) is 30.9. The van der Waals surface area contributed by atoms with Gasteiger partial charge in [0.1, 0.15) is 11.0 Å². The highest BCUT2D eigenvalue weighted by molar-refractivity contribution is 7.80. The molecule has 0 saturated carbocycles. The molecule has 3 aromatic rings. The minimum Gasteiger partial charge on any atom is -0.755 e. The molecule has 9 nitrogen and oxygen atoms in total. The molecule has 0 radical (unpaired) electrons. The van der Waals surface area contributed by atoms with Crippen molar-refractivity contribution in [3.8, 4) is 10.6 Å². The maximum absolute atomic E-state index is 13.2. The van der Waals surface area contributed by atoms with Gasteiger partial charge in [-0.2, -0.15) is 0 Å². The van der Waals surface area contributed by atoms with E-state index in [4.69, 9.17) is 9.72 Å². The molecule has 3 N–H and O–H groups in total. The van der Waals surface area contributed by atoms with Crippen LogP contribution in [-0.4, -0.2) is 38.9 Å². The lowest BCUT2D eigenvalue weighted by Gasteiger charge is -2.23. The number of aromatic nitrogens is 1. The fourth-order valence-electron chi connectivity index (χ4n) is 3.40. The van der Waals surface area contributed by atoms with Crippen LogP contribution in [0.25, 0.3) is 10.6 Å². The van der Waals surface area contributed by atoms with E-state index in [0.29, 0.717) is 18.5 Å². The van der Waals surface area contributed by atoms with Crippen LogP contribution in [-0.2, 0) is 27.2 Å². The molecule has 0 spiro atoms. The first-order valence-corrected chi connectivity index (χ1v) is 13.7. The van der Waals surface area contributed by atoms with Crippen molar-refractivity contribution in [1.29, 1.82) is 0 Å². The summed E-state index contributed by atoms with van der Waals surface area (Å²) in [6, 6.07) is 9.62. The molecule has 3 atom stereocenters. The molecule has 1 unspecified atom stereocenters. The van der Waals surface area contributed by atoms with Gasteiger partial charge in [0.05, 0.1) is 23.7 Å². The summed E-state index contributed by atoms with van der Waals surface area (Å²) in [5, 5.41) is 10.3. The second-order valence-corrected chi connectivity index (χ2v) is 10.7. The van der Waals surface area contributed by atoms with Crippen LogP contribution in [0.15, 0.2) is 47.2 Å². The number of nitrogens with zero attached hydrogens (tertiary/aromatic N) is 1. The second kappa shape index (κ2) is 12.8. The monoisotopic (exact) mass is 535 g/mol. The molecule has 0 aliphatic rings. The molecular formula is C23H27N4O5S3-. The smallest absolute Gasteiger partial charge is 0.407 e. The highest BCUT2D eigenvalue weighted by atomic mass is 32.2. The molecule has 35 heavy (non-hydrogen) atoms. The number of hydrogen-bond donors (Lipinski definition) is 3. The van der Waals surface area contributed by atoms with Gasteiger partial charge in [0, 0.05) is 22.3 Å². The predicted octanol–water partition coefficient (Wildman–Crippen LogP) is 4.25. The number of anilines is 1. The number of thiazole rings is 1. The third-order valence-corrected chi connectivity index (χ3v) is 7.26. The van der Waals surface area contributed by atoms with Gasteiger partial charge in [-0.1, -0.05) is 32.0 Å². The molecule has 3 rings (SSSR count). The molecular weight excluding hydrogens is 508 g/mol. The second-order valence-electron chi connectivity index (χ2n) is 8.17. The van der Waals surface area contributed by atoms with Gasteiger partial charge < -0.3 is 24.6 Å². The number of ether oxygens (including phenoxy) is 1. The fourth-order valence-corrected chi connectivity index (χ4v) is 5.36. The van der Waals surface area contributed by atoms with Crippen molar-refractivity contribution in [2.75, 3.05) is 11.8 Å². The van der Waals surface area contributed by atoms with E-state index < -0.39 is 29.4 Å². The van der Waals surface area contributed by atoms with Crippen LogP contribution in [0.3, 0.4) is 0 Å². The number of nitrogens with one attached hydrogen (secondary N) is 3. The summed E-state index contributed by atoms with van der Waals surface area (Å²) in [5.41, 5.74) is 2.16. The minimum atomic E-state index is -2.41. The SMILES string of the molecule is COC(=O)N[C@@H](CC(C)C)C(=O)N[C@@H](Cc1ccc(NS(=O)[O-])cc1)c1nc(-c2cccs2)cs1. The van der Waals surface area contributed by atoms with Gasteiger partial charge in [-0.05, 0) is 47.9 Å². The Morgan fingerprint density at radius 1 is 1.14 bits per heavy atom. The molecule has 0 bridgehead atoms. The first-order chi connectivity index (χ1) is 16.7. The van der Waals surface area contributed by atoms with Crippen molar-refractivity contribution in [2.45, 2.75) is 38.8 Å². The van der Waals surface area contributed by atoms with Crippen molar-refractivity contribution < 1.29 is 23.1 Å². The highest BCUT2D eigenvalue weighted by Crippen LogP contribution is 2.30. The van der Waals surface area contributed by atoms with E-state index >= 15 is 0 Å². The Morgan fingerprint density at radius 3 is 2.49 bits per heavy atom. The average Bonchev–Trinajstić information content (AvgIpc) is 3.50. The largest absolute Gasteiger partial charge is 0.755 e. The summed E-state index contributed by atoms with van der Waals surface area (Å²) < 4.78 is 28.7. The zero-order valence-corrected chi connectivity index (χ0v) is 21.9. The third-order valence-electron chi connectivity index (χ3n) is 5.01. The summed E-state index contributed by atoms with van der Waals surface area (Å²) in [5.74, 6) is -0.166. The van der Waals surface area contributed by atoms with Crippen LogP contribution >= 0.6 is 22.7 Å². The Balaban J connectivity index is 1.84. The number of thiophene rings is 1. The number of carbonyl (C=O) groups excluding carboxylic acids is 2. The van der Waals surface area contributed by atoms with Gasteiger partial charge >= 0.3 is 6.09 Å². The van der Waals surface area contributed by atoms with Crippen molar-refractivity contribution >= 4 is 51.6 Å². The van der Waals surface area contributed by atoms with Crippen molar-refractivity contribution in [3.63, 3.8) is 0 Å². The number of methoxy groups -OCH3 is 1. The van der Waals surface area contributed by atoms with Crippen LogP contribution in [0.4, 0.5) is 10.5 Å². The number of rotatable bonds is 11. The molecule has 0 aliphatic carbocycles. The number of carbonyl (C=O) groups is 2. The molecule has 2 aromatic heterocycles. The van der Waals surface area contributed by atoms with E-state index in [-0.39, 0.29) is 11.8 Å². The Kier molecular flexibility index (Phi) is 9.78. The van der Waals surface area contributed by atoms with Gasteiger partial charge in [-0.15, -0.1) is 22.7 Å². The van der Waals surface area contributed by atoms with E-state index in [1.54, 1.807) is 35.6 Å². The quantitative estimate of drug-likeness (QED) is 0.315. The number of alkyl carbamates (subject to hydrolysis) is 1. The lowest BCUT2D eigenvalue weighted by Crippen LogP contribution is -2.48. The Bertz CT molecular complexity index is 1130. The van der Waals surface area contributed by atoms with Crippen LogP contribution in [0.2, 0.25) is 0 Å². The molecule has 12 heteroatoms. The molecule has 1 aromatic carbocycles. The lowest BCUT2D eigenvalue weighted by atomic mass is 10.0. The van der Waals surface area contributed by atoms with E-state index in [9.17, 15) is 18.4 Å². The van der Waals surface area contributed by atoms with E-state index in [1.165, 1.54) is 18.4 Å². The highest BCUT2D eigenvalue weighted by Gasteiger charge is 2.27. The molecule has 0 fully saturated rings. The van der Waals surface area contributed by atoms with Gasteiger partial charge in [-0.25, -0.2) is 9.78 Å². The third kappa shape index (κ3) is 8.13. The maximum Gasteiger partial charge on any atom is 0.407 e. The van der Waals surface area contributed by atoms with Crippen LogP contribution in [0.5, 0.6) is 0 Å². The first kappa shape index (κ1) is 26.8. The molecule has 2 heterocycles. The standard InChI is InChI=1S/C23H28N4O5S3/c1-14(2)11-17(26-23(29)32-3)21(28)24-18(12-15-6-8-16(9-7-15)27-35(30)31)22-25-19(13-34-22)20-5-4-10-33-20/h4-10,13-14,17-18,27H,11-12H2,1-3H3,(H,24,28)(H,26,29)(H,30,31)/p-1/t17-,18-/m0/s1. The average molecular weight is 536 g/mol. The van der Waals surface area contributed by atoms with Gasteiger partial charge in [0.2, 0.25) is 5.91 Å². The van der Waals surface area contributed by atoms with Gasteiger partial charge in [-0.3, -0.25) is 9.00 Å². The number of amides is 2. The summed E-state index contributed by atoms with van der Waals surface area (Å²) in [7, 11) is 1.26. The maximum atomic E-state index is 13.2. The topological polar surface area (TPSA) is 132 Å². The zero-order valence-electron chi connectivity index (χ0n) is 19.5. The van der Waals surface area contributed by atoms with E-state index in [0.717, 1.165) is 21.1 Å². The lowest BCUT2D eigenvalue weighted by molar-refractivity contribution is -0.124. The first-order valence-electron chi connectivity index (χ1n) is 10.8. The van der Waals surface area contributed by atoms with E-state index in [2.05, 4.69) is 15.4 Å². The fraction of sp³-hybridized carbons (Fsp3) is 0.348. The Hall–Kier alpha value is -2.80. The van der Waals surface area contributed by atoms with Crippen LogP contribution in [0, 0.1) is 5.92 Å². The summed E-state index contributed by atoms with van der Waals surface area (Å²) >= 11 is 0.623. The van der Waals surface area contributed by atoms with Crippen molar-refractivity contribution in [3.05, 3.63) is 57.7 Å². The normalized spacial score (nSPS) is 13.6. The van der Waals surface area contributed by atoms with E-state index in [1.807, 2.05) is 36.7 Å². The zero-order chi connectivity index (χ0) is 25.4. The van der Waals surface area contributed by atoms with Crippen molar-refractivity contribution in [2.24, 2.45) is 5.92 Å². The van der Waals surface area contributed by atoms with Crippen molar-refractivity contribution in [1.82, 2.24) is 15.6 Å². The van der Waals surface area contributed by atoms with Gasteiger partial charge in [0.25, 0.3) is 0 Å².